The zero-order chi connectivity index (χ0) is 23.4. The molecule has 4 heteroatoms. The quantitative estimate of drug-likeness (QED) is 0.448. The van der Waals surface area contributed by atoms with E-state index in [2.05, 4.69) is 72.2 Å². The molecule has 2 fully saturated rings. The number of anilines is 2. The van der Waals surface area contributed by atoms with Gasteiger partial charge in [-0.1, -0.05) is 29.8 Å². The highest BCUT2D eigenvalue weighted by molar-refractivity contribution is 5.94. The molecular formula is C29H39N3O. The van der Waals surface area contributed by atoms with Gasteiger partial charge in [-0.25, -0.2) is 0 Å². The predicted octanol–water partition coefficient (Wildman–Crippen LogP) is 6.27. The minimum Gasteiger partial charge on any atom is -0.339 e. The van der Waals surface area contributed by atoms with Crippen LogP contribution >= 0.6 is 0 Å². The van der Waals surface area contributed by atoms with Crippen molar-refractivity contribution >= 4 is 17.3 Å². The molecule has 1 amide bonds. The van der Waals surface area contributed by atoms with E-state index >= 15 is 0 Å². The first-order chi connectivity index (χ1) is 16.0. The minimum atomic E-state index is 0.114. The zero-order valence-corrected chi connectivity index (χ0v) is 20.7. The fourth-order valence-electron chi connectivity index (χ4n) is 5.66. The molecule has 0 spiro atoms. The normalized spacial score (nSPS) is 22.1. The molecule has 176 valence electrons. The first-order valence-corrected chi connectivity index (χ1v) is 12.6. The van der Waals surface area contributed by atoms with Gasteiger partial charge in [-0.3, -0.25) is 9.69 Å². The van der Waals surface area contributed by atoms with Gasteiger partial charge in [0.1, 0.15) is 0 Å². The van der Waals surface area contributed by atoms with Crippen LogP contribution in [0.1, 0.15) is 63.7 Å². The molecule has 0 saturated carbocycles. The number of amides is 1. The van der Waals surface area contributed by atoms with Gasteiger partial charge < -0.3 is 9.80 Å². The van der Waals surface area contributed by atoms with E-state index in [1.54, 1.807) is 0 Å². The van der Waals surface area contributed by atoms with Crippen molar-refractivity contribution in [3.63, 3.8) is 0 Å². The highest BCUT2D eigenvalue weighted by atomic mass is 16.2. The van der Waals surface area contributed by atoms with Gasteiger partial charge in [-0.05, 0) is 89.8 Å². The molecule has 2 aliphatic heterocycles. The number of carbonyl (C=O) groups excluding carboxylic acids is 1. The molecule has 4 nitrogen and oxygen atoms in total. The lowest BCUT2D eigenvalue weighted by atomic mass is 9.94. The van der Waals surface area contributed by atoms with Crippen LogP contribution in [0.15, 0.2) is 66.2 Å². The molecule has 2 aromatic rings. The Hall–Kier alpha value is -2.59. The van der Waals surface area contributed by atoms with E-state index in [-0.39, 0.29) is 5.91 Å². The van der Waals surface area contributed by atoms with Gasteiger partial charge in [0.25, 0.3) is 5.91 Å². The van der Waals surface area contributed by atoms with Crippen LogP contribution in [0.2, 0.25) is 0 Å². The maximum absolute atomic E-state index is 12.8. The van der Waals surface area contributed by atoms with Crippen LogP contribution < -0.4 is 4.90 Å². The second-order valence-electron chi connectivity index (χ2n) is 9.72. The number of allylic oxidation sites excluding steroid dienone is 1. The van der Waals surface area contributed by atoms with E-state index in [9.17, 15) is 4.79 Å². The van der Waals surface area contributed by atoms with Crippen molar-refractivity contribution in [2.45, 2.75) is 71.5 Å². The summed E-state index contributed by atoms with van der Waals surface area (Å²) in [5, 5.41) is 0. The van der Waals surface area contributed by atoms with Crippen LogP contribution in [-0.4, -0.2) is 53.5 Å². The zero-order valence-electron chi connectivity index (χ0n) is 20.7. The molecule has 33 heavy (non-hydrogen) atoms. The summed E-state index contributed by atoms with van der Waals surface area (Å²) in [5.74, 6) is 0.114. The van der Waals surface area contributed by atoms with Crippen molar-refractivity contribution in [1.82, 2.24) is 9.80 Å². The van der Waals surface area contributed by atoms with Crippen LogP contribution in [0, 0.1) is 0 Å². The highest BCUT2D eigenvalue weighted by Gasteiger charge is 2.42. The number of hydrogen-bond donors (Lipinski definition) is 0. The Morgan fingerprint density at radius 3 is 2.03 bits per heavy atom. The summed E-state index contributed by atoms with van der Waals surface area (Å²) in [6.45, 7) is 11.0. The van der Waals surface area contributed by atoms with Gasteiger partial charge in [0.05, 0.1) is 0 Å². The van der Waals surface area contributed by atoms with E-state index < -0.39 is 0 Å². The van der Waals surface area contributed by atoms with Crippen molar-refractivity contribution in [3.8, 4) is 0 Å². The Labute approximate surface area is 199 Å². The number of carbonyl (C=O) groups is 1. The van der Waals surface area contributed by atoms with Gasteiger partial charge in [0, 0.05) is 54.7 Å². The van der Waals surface area contributed by atoms with E-state index in [0.717, 1.165) is 25.2 Å². The van der Waals surface area contributed by atoms with E-state index in [1.807, 2.05) is 30.9 Å². The Balaban J connectivity index is 1.59. The monoisotopic (exact) mass is 445 g/mol. The summed E-state index contributed by atoms with van der Waals surface area (Å²) in [5.41, 5.74) is 4.59. The number of rotatable bonds is 8. The van der Waals surface area contributed by atoms with Crippen molar-refractivity contribution in [1.29, 1.82) is 0 Å². The van der Waals surface area contributed by atoms with Crippen LogP contribution in [0.5, 0.6) is 0 Å². The summed E-state index contributed by atoms with van der Waals surface area (Å²) >= 11 is 0. The first-order valence-electron chi connectivity index (χ1n) is 12.6. The van der Waals surface area contributed by atoms with Crippen molar-refractivity contribution in [2.75, 3.05) is 24.5 Å². The van der Waals surface area contributed by atoms with E-state index in [1.165, 1.54) is 42.6 Å². The van der Waals surface area contributed by atoms with E-state index in [0.29, 0.717) is 18.1 Å². The van der Waals surface area contributed by atoms with Crippen LogP contribution in [0.25, 0.3) is 0 Å². The van der Waals surface area contributed by atoms with Crippen molar-refractivity contribution < 1.29 is 4.79 Å². The summed E-state index contributed by atoms with van der Waals surface area (Å²) in [6.07, 6.45) is 7.35. The molecule has 4 rings (SSSR count). The van der Waals surface area contributed by atoms with Crippen LogP contribution in [0.4, 0.5) is 11.4 Å². The molecule has 0 N–H and O–H groups in total. The Morgan fingerprint density at radius 2 is 1.48 bits per heavy atom. The number of hydrogen-bond acceptors (Lipinski definition) is 3. The predicted molar refractivity (Wildman–Crippen MR) is 138 cm³/mol. The third kappa shape index (κ3) is 5.16. The third-order valence-corrected chi connectivity index (χ3v) is 7.41. The second kappa shape index (κ2) is 10.6. The van der Waals surface area contributed by atoms with Gasteiger partial charge in [0.15, 0.2) is 0 Å². The molecule has 2 aromatic carbocycles. The molecule has 2 saturated heterocycles. The molecule has 0 aliphatic carbocycles. The number of benzene rings is 2. The topological polar surface area (TPSA) is 26.8 Å². The third-order valence-electron chi connectivity index (χ3n) is 7.41. The molecule has 1 unspecified atom stereocenters. The summed E-state index contributed by atoms with van der Waals surface area (Å²) in [6, 6.07) is 20.8. The Bertz CT molecular complexity index is 931. The fraction of sp³-hybridized carbons (Fsp3) is 0.483. The maximum atomic E-state index is 12.8. The molecule has 2 bridgehead atoms. The number of para-hydroxylation sites is 1. The fourth-order valence-corrected chi connectivity index (χ4v) is 5.66. The lowest BCUT2D eigenvalue weighted by Gasteiger charge is -2.44. The molecule has 2 heterocycles. The highest BCUT2D eigenvalue weighted by Crippen LogP contribution is 2.41. The molecule has 0 radical (unpaired) electrons. The standard InChI is InChI=1S/C29H39N3O/c1-5-30(6-2)29(33)23-12-14-25(15-13-23)32(24-10-8-7-9-11-24)28-20-26-16-17-27(21-28)31(26)19-18-22(3)4/h7-15,18,26-28H,5-6,16-17,19-21H2,1-4H3/t26-,27+,28?. The lowest BCUT2D eigenvalue weighted by molar-refractivity contribution is 0.0773. The molecule has 3 atom stereocenters. The molecular weight excluding hydrogens is 406 g/mol. The second-order valence-corrected chi connectivity index (χ2v) is 9.72. The first kappa shape index (κ1) is 23.6. The van der Waals surface area contributed by atoms with E-state index in [4.69, 9.17) is 0 Å². The Morgan fingerprint density at radius 1 is 0.909 bits per heavy atom. The van der Waals surface area contributed by atoms with Gasteiger partial charge >= 0.3 is 0 Å². The van der Waals surface area contributed by atoms with Crippen LogP contribution in [-0.2, 0) is 0 Å². The number of nitrogens with zero attached hydrogens (tertiary/aromatic N) is 3. The van der Waals surface area contributed by atoms with Crippen LogP contribution in [0.3, 0.4) is 0 Å². The van der Waals surface area contributed by atoms with Gasteiger partial charge in [-0.15, -0.1) is 0 Å². The Kier molecular flexibility index (Phi) is 7.54. The summed E-state index contributed by atoms with van der Waals surface area (Å²) < 4.78 is 0. The lowest BCUT2D eigenvalue weighted by Crippen LogP contribution is -2.49. The largest absolute Gasteiger partial charge is 0.339 e. The van der Waals surface area contributed by atoms with Gasteiger partial charge in [-0.2, -0.15) is 0 Å². The number of piperidine rings is 1. The van der Waals surface area contributed by atoms with Crippen molar-refractivity contribution in [3.05, 3.63) is 71.8 Å². The molecule has 0 aromatic heterocycles. The molecule has 2 aliphatic rings. The number of fused-ring (bicyclic) bond motifs is 2. The summed E-state index contributed by atoms with van der Waals surface area (Å²) in [7, 11) is 0. The maximum Gasteiger partial charge on any atom is 0.253 e. The summed E-state index contributed by atoms with van der Waals surface area (Å²) in [4.78, 5) is 19.9. The smallest absolute Gasteiger partial charge is 0.253 e. The minimum absolute atomic E-state index is 0.114. The van der Waals surface area contributed by atoms with Crippen molar-refractivity contribution in [2.24, 2.45) is 0 Å². The average molecular weight is 446 g/mol. The average Bonchev–Trinajstić information content (AvgIpc) is 3.07. The van der Waals surface area contributed by atoms with Gasteiger partial charge in [0.2, 0.25) is 0 Å². The SMILES string of the molecule is CCN(CC)C(=O)c1ccc(N(c2ccccc2)C2C[C@H]3CC[C@@H](C2)N3CC=C(C)C)cc1.